The molecule has 0 saturated heterocycles. The van der Waals surface area contributed by atoms with Crippen molar-refractivity contribution in [3.63, 3.8) is 0 Å². The average Bonchev–Trinajstić information content (AvgIpc) is 3.36. The van der Waals surface area contributed by atoms with E-state index in [0.717, 1.165) is 22.0 Å². The van der Waals surface area contributed by atoms with E-state index >= 15 is 0 Å². The van der Waals surface area contributed by atoms with Gasteiger partial charge in [0.25, 0.3) is 5.91 Å². The molecule has 28 heavy (non-hydrogen) atoms. The van der Waals surface area contributed by atoms with Crippen molar-refractivity contribution in [2.45, 2.75) is 0 Å². The first-order valence-electron chi connectivity index (χ1n) is 8.37. The van der Waals surface area contributed by atoms with E-state index in [1.54, 1.807) is 29.9 Å². The lowest BCUT2D eigenvalue weighted by atomic mass is 10.1. The van der Waals surface area contributed by atoms with Crippen LogP contribution in [0.5, 0.6) is 0 Å². The summed E-state index contributed by atoms with van der Waals surface area (Å²) < 4.78 is 0. The lowest BCUT2D eigenvalue weighted by Gasteiger charge is -2.00. The maximum atomic E-state index is 12.2. The van der Waals surface area contributed by atoms with Crippen LogP contribution >= 0.6 is 11.3 Å². The number of thiazole rings is 1. The number of nitrogens with zero attached hydrogens (tertiary/aromatic N) is 2. The number of pyridine rings is 1. The summed E-state index contributed by atoms with van der Waals surface area (Å²) in [5.74, 6) is -0.830. The number of nitrogens with two attached hydrogens (primary N) is 1. The Hall–Kier alpha value is -3.78. The number of para-hydroxylation sites is 1. The molecule has 4 N–H and O–H groups in total. The molecule has 7 nitrogen and oxygen atoms in total. The minimum atomic E-state index is -0.539. The van der Waals surface area contributed by atoms with Gasteiger partial charge in [0.05, 0.1) is 11.2 Å². The molecule has 0 bridgehead atoms. The molecule has 4 aromatic rings. The highest BCUT2D eigenvalue weighted by Crippen LogP contribution is 2.25. The quantitative estimate of drug-likeness (QED) is 0.454. The average molecular weight is 389 g/mol. The van der Waals surface area contributed by atoms with E-state index in [1.165, 1.54) is 17.4 Å². The number of hydrogen-bond donors (Lipinski definition) is 3. The van der Waals surface area contributed by atoms with E-state index in [2.05, 4.69) is 20.3 Å². The van der Waals surface area contributed by atoms with E-state index in [0.29, 0.717) is 16.5 Å². The molecule has 138 valence electrons. The van der Waals surface area contributed by atoms with Gasteiger partial charge < -0.3 is 10.7 Å². The zero-order chi connectivity index (χ0) is 19.5. The van der Waals surface area contributed by atoms with Gasteiger partial charge in [0, 0.05) is 40.4 Å². The predicted molar refractivity (Wildman–Crippen MR) is 110 cm³/mol. The molecular formula is C20H15N5O2S. The molecule has 3 aromatic heterocycles. The van der Waals surface area contributed by atoms with Gasteiger partial charge in [-0.2, -0.15) is 0 Å². The highest BCUT2D eigenvalue weighted by atomic mass is 32.1. The standard InChI is InChI=1S/C20H15N5O2S/c21-19(27)15-9-14(10-23-15)16-11-28-20(24-16)25-17(26)7-6-13-4-1-3-12-5-2-8-22-18(12)13/h1-11,23H,(H2,21,27)(H,24,25,26)/b7-6+. The largest absolute Gasteiger partial charge is 0.364 e. The summed E-state index contributed by atoms with van der Waals surface area (Å²) in [6, 6.07) is 11.3. The van der Waals surface area contributed by atoms with Crippen LogP contribution in [0.3, 0.4) is 0 Å². The van der Waals surface area contributed by atoms with Crippen molar-refractivity contribution in [2.24, 2.45) is 5.73 Å². The number of carbonyl (C=O) groups is 2. The Balaban J connectivity index is 1.47. The number of anilines is 1. The molecule has 8 heteroatoms. The molecule has 1 aromatic carbocycles. The Morgan fingerprint density at radius 2 is 2.07 bits per heavy atom. The zero-order valence-electron chi connectivity index (χ0n) is 14.5. The summed E-state index contributed by atoms with van der Waals surface area (Å²) in [6.07, 6.45) is 6.55. The molecule has 0 fully saturated rings. The summed E-state index contributed by atoms with van der Waals surface area (Å²) in [6.45, 7) is 0. The van der Waals surface area contributed by atoms with Crippen LogP contribution in [0.1, 0.15) is 16.1 Å². The van der Waals surface area contributed by atoms with Crippen LogP contribution in [0.4, 0.5) is 5.13 Å². The van der Waals surface area contributed by atoms with E-state index < -0.39 is 5.91 Å². The van der Waals surface area contributed by atoms with Crippen molar-refractivity contribution >= 4 is 45.3 Å². The van der Waals surface area contributed by atoms with Gasteiger partial charge >= 0.3 is 0 Å². The van der Waals surface area contributed by atoms with Crippen LogP contribution in [-0.2, 0) is 4.79 Å². The van der Waals surface area contributed by atoms with Crippen molar-refractivity contribution in [3.8, 4) is 11.3 Å². The first-order valence-corrected chi connectivity index (χ1v) is 9.25. The molecule has 0 saturated carbocycles. The van der Waals surface area contributed by atoms with Crippen LogP contribution in [-0.4, -0.2) is 26.8 Å². The molecule has 4 rings (SSSR count). The Kier molecular flexibility index (Phi) is 4.69. The minimum absolute atomic E-state index is 0.291. The first kappa shape index (κ1) is 17.6. The van der Waals surface area contributed by atoms with Gasteiger partial charge in [0.15, 0.2) is 5.13 Å². The van der Waals surface area contributed by atoms with E-state index in [1.807, 2.05) is 30.3 Å². The van der Waals surface area contributed by atoms with Gasteiger partial charge in [-0.15, -0.1) is 11.3 Å². The highest BCUT2D eigenvalue weighted by Gasteiger charge is 2.10. The fourth-order valence-electron chi connectivity index (χ4n) is 2.72. The van der Waals surface area contributed by atoms with Crippen LogP contribution in [0.25, 0.3) is 28.2 Å². The Morgan fingerprint density at radius 1 is 1.21 bits per heavy atom. The highest BCUT2D eigenvalue weighted by molar-refractivity contribution is 7.14. The SMILES string of the molecule is NC(=O)c1cc(-c2csc(NC(=O)/C=C/c3cccc4cccnc34)n2)c[nH]1. The summed E-state index contributed by atoms with van der Waals surface area (Å²) in [5, 5.41) is 6.00. The summed E-state index contributed by atoms with van der Waals surface area (Å²) >= 11 is 1.30. The zero-order valence-corrected chi connectivity index (χ0v) is 15.4. The van der Waals surface area contributed by atoms with Gasteiger partial charge in [-0.05, 0) is 18.2 Å². The Bertz CT molecular complexity index is 1200. The second-order valence-electron chi connectivity index (χ2n) is 5.95. The van der Waals surface area contributed by atoms with Crippen LogP contribution in [0.15, 0.2) is 60.2 Å². The lowest BCUT2D eigenvalue weighted by Crippen LogP contribution is -2.10. The maximum absolute atomic E-state index is 12.2. The molecular weight excluding hydrogens is 374 g/mol. The summed E-state index contributed by atoms with van der Waals surface area (Å²) in [5.41, 5.74) is 8.61. The van der Waals surface area contributed by atoms with E-state index in [-0.39, 0.29) is 5.91 Å². The lowest BCUT2D eigenvalue weighted by molar-refractivity contribution is -0.111. The topological polar surface area (TPSA) is 114 Å². The van der Waals surface area contributed by atoms with Crippen LogP contribution in [0, 0.1) is 0 Å². The number of amides is 2. The van der Waals surface area contributed by atoms with Crippen molar-refractivity contribution in [1.29, 1.82) is 0 Å². The number of benzene rings is 1. The van der Waals surface area contributed by atoms with Gasteiger partial charge in [-0.25, -0.2) is 4.98 Å². The number of nitrogens with one attached hydrogen (secondary N) is 2. The molecule has 2 amide bonds. The maximum Gasteiger partial charge on any atom is 0.265 e. The number of primary amides is 1. The fourth-order valence-corrected chi connectivity index (χ4v) is 3.45. The van der Waals surface area contributed by atoms with Gasteiger partial charge in [-0.3, -0.25) is 19.9 Å². The monoisotopic (exact) mass is 389 g/mol. The predicted octanol–water partition coefficient (Wildman–Crippen LogP) is 3.44. The molecule has 0 unspecified atom stereocenters. The third-order valence-corrected chi connectivity index (χ3v) is 4.81. The van der Waals surface area contributed by atoms with Crippen LogP contribution in [0.2, 0.25) is 0 Å². The third kappa shape index (κ3) is 3.67. The minimum Gasteiger partial charge on any atom is -0.364 e. The van der Waals surface area contributed by atoms with E-state index in [4.69, 9.17) is 5.73 Å². The number of fused-ring (bicyclic) bond motifs is 1. The summed E-state index contributed by atoms with van der Waals surface area (Å²) in [4.78, 5) is 34.9. The molecule has 0 aliphatic rings. The van der Waals surface area contributed by atoms with Crippen molar-refractivity contribution in [3.05, 3.63) is 71.5 Å². The Morgan fingerprint density at radius 3 is 2.89 bits per heavy atom. The molecule has 0 spiro atoms. The first-order chi connectivity index (χ1) is 13.6. The number of hydrogen-bond acceptors (Lipinski definition) is 5. The van der Waals surface area contributed by atoms with Gasteiger partial charge in [0.1, 0.15) is 5.69 Å². The number of H-pyrrole nitrogens is 1. The fraction of sp³-hybridized carbons (Fsp3) is 0. The molecule has 3 heterocycles. The van der Waals surface area contributed by atoms with Crippen molar-refractivity contribution in [2.75, 3.05) is 5.32 Å². The van der Waals surface area contributed by atoms with Crippen LogP contribution < -0.4 is 11.1 Å². The second-order valence-corrected chi connectivity index (χ2v) is 6.81. The third-order valence-electron chi connectivity index (χ3n) is 4.06. The smallest absolute Gasteiger partial charge is 0.265 e. The normalized spacial score (nSPS) is 11.1. The van der Waals surface area contributed by atoms with E-state index in [9.17, 15) is 9.59 Å². The second kappa shape index (κ2) is 7.45. The molecule has 0 aliphatic heterocycles. The number of aromatic nitrogens is 3. The molecule has 0 radical (unpaired) electrons. The molecule has 0 aliphatic carbocycles. The van der Waals surface area contributed by atoms with Crippen molar-refractivity contribution < 1.29 is 9.59 Å². The number of aromatic amines is 1. The van der Waals surface area contributed by atoms with Gasteiger partial charge in [-0.1, -0.05) is 24.3 Å². The number of rotatable bonds is 5. The number of carbonyl (C=O) groups excluding carboxylic acids is 2. The van der Waals surface area contributed by atoms with Crippen molar-refractivity contribution in [1.82, 2.24) is 15.0 Å². The summed E-state index contributed by atoms with van der Waals surface area (Å²) in [7, 11) is 0. The molecule has 0 atom stereocenters. The van der Waals surface area contributed by atoms with Gasteiger partial charge in [0.2, 0.25) is 5.91 Å². The Labute approximate surface area is 163 Å².